The molecule has 0 saturated heterocycles. The first kappa shape index (κ1) is 17.0. The van der Waals surface area contributed by atoms with Crippen molar-refractivity contribution >= 4 is 35.5 Å². The number of benzene rings is 4. The van der Waals surface area contributed by atoms with Crippen molar-refractivity contribution in [2.75, 3.05) is 0 Å². The molecule has 0 aliphatic heterocycles. The zero-order valence-corrected chi connectivity index (χ0v) is 16.5. The van der Waals surface area contributed by atoms with Gasteiger partial charge in [-0.15, -0.1) is 0 Å². The SMILES string of the molecule is C1=Cc2ccccc2C(=C2c3ccccc3C=Cc3ccccc32)c2ccccc21. The highest BCUT2D eigenvalue weighted by Gasteiger charge is 2.24. The minimum Gasteiger partial charge on any atom is -0.0616 e. The van der Waals surface area contributed by atoms with E-state index in [1.165, 1.54) is 55.7 Å². The van der Waals surface area contributed by atoms with Gasteiger partial charge in [0.1, 0.15) is 0 Å². The average Bonchev–Trinajstić information content (AvgIpc) is 3.07. The fourth-order valence-electron chi connectivity index (χ4n) is 4.67. The summed E-state index contributed by atoms with van der Waals surface area (Å²) in [6, 6.07) is 35.0. The highest BCUT2D eigenvalue weighted by Crippen LogP contribution is 2.44. The third-order valence-corrected chi connectivity index (χ3v) is 6.06. The molecule has 0 amide bonds. The molecule has 0 heteroatoms. The van der Waals surface area contributed by atoms with E-state index in [-0.39, 0.29) is 0 Å². The van der Waals surface area contributed by atoms with Crippen molar-refractivity contribution in [2.45, 2.75) is 0 Å². The zero-order chi connectivity index (χ0) is 19.9. The Morgan fingerprint density at radius 1 is 0.267 bits per heavy atom. The molecule has 0 fully saturated rings. The van der Waals surface area contributed by atoms with Crippen LogP contribution in [0.2, 0.25) is 0 Å². The minimum absolute atomic E-state index is 1.25. The molecule has 0 heterocycles. The maximum absolute atomic E-state index is 2.26. The Kier molecular flexibility index (Phi) is 3.89. The number of rotatable bonds is 0. The van der Waals surface area contributed by atoms with E-state index in [4.69, 9.17) is 0 Å². The van der Waals surface area contributed by atoms with Crippen molar-refractivity contribution in [3.05, 3.63) is 142 Å². The van der Waals surface area contributed by atoms with Crippen LogP contribution in [0.1, 0.15) is 44.5 Å². The van der Waals surface area contributed by atoms with E-state index in [0.29, 0.717) is 0 Å². The van der Waals surface area contributed by atoms with Crippen LogP contribution in [0.15, 0.2) is 97.1 Å². The molecule has 4 aromatic rings. The quantitative estimate of drug-likeness (QED) is 0.254. The van der Waals surface area contributed by atoms with Crippen LogP contribution in [0.3, 0.4) is 0 Å². The average molecular weight is 380 g/mol. The van der Waals surface area contributed by atoms with E-state index in [1.807, 2.05) is 0 Å². The van der Waals surface area contributed by atoms with Crippen LogP contribution in [-0.4, -0.2) is 0 Å². The van der Waals surface area contributed by atoms with Crippen molar-refractivity contribution in [1.29, 1.82) is 0 Å². The van der Waals surface area contributed by atoms with Crippen molar-refractivity contribution in [3.8, 4) is 0 Å². The second kappa shape index (κ2) is 6.86. The third-order valence-electron chi connectivity index (χ3n) is 6.06. The molecule has 0 atom stereocenters. The Hall–Kier alpha value is -3.90. The van der Waals surface area contributed by atoms with Crippen LogP contribution in [0.25, 0.3) is 35.5 Å². The number of hydrogen-bond donors (Lipinski definition) is 0. The molecule has 4 aromatic carbocycles. The van der Waals surface area contributed by atoms with E-state index in [9.17, 15) is 0 Å². The predicted octanol–water partition coefficient (Wildman–Crippen LogP) is 7.66. The molecule has 0 saturated carbocycles. The topological polar surface area (TPSA) is 0 Å². The molecule has 2 aliphatic rings. The van der Waals surface area contributed by atoms with Crippen molar-refractivity contribution in [1.82, 2.24) is 0 Å². The summed E-state index contributed by atoms with van der Waals surface area (Å²) in [5.41, 5.74) is 12.7. The lowest BCUT2D eigenvalue weighted by atomic mass is 9.82. The molecule has 0 bridgehead atoms. The molecule has 0 radical (unpaired) electrons. The second-order valence-corrected chi connectivity index (χ2v) is 7.77. The monoisotopic (exact) mass is 380 g/mol. The summed E-state index contributed by atoms with van der Waals surface area (Å²) in [6.45, 7) is 0. The van der Waals surface area contributed by atoms with Crippen LogP contribution in [0, 0.1) is 0 Å². The first-order valence-electron chi connectivity index (χ1n) is 10.4. The normalized spacial score (nSPS) is 13.6. The Morgan fingerprint density at radius 2 is 0.500 bits per heavy atom. The lowest BCUT2D eigenvalue weighted by Crippen LogP contribution is -2.01. The van der Waals surface area contributed by atoms with Crippen LogP contribution in [-0.2, 0) is 0 Å². The smallest absolute Gasteiger partial charge is 0.00143 e. The molecule has 0 nitrogen and oxygen atoms in total. The molecule has 0 aromatic heterocycles. The van der Waals surface area contributed by atoms with Gasteiger partial charge >= 0.3 is 0 Å². The van der Waals surface area contributed by atoms with Gasteiger partial charge in [-0.25, -0.2) is 0 Å². The Bertz CT molecular complexity index is 1170. The molecule has 6 rings (SSSR count). The van der Waals surface area contributed by atoms with Crippen molar-refractivity contribution in [2.24, 2.45) is 0 Å². The van der Waals surface area contributed by atoms with E-state index in [1.54, 1.807) is 0 Å². The van der Waals surface area contributed by atoms with Crippen molar-refractivity contribution in [3.63, 3.8) is 0 Å². The Balaban J connectivity index is 1.84. The van der Waals surface area contributed by atoms with Gasteiger partial charge in [-0.2, -0.15) is 0 Å². The lowest BCUT2D eigenvalue weighted by molar-refractivity contribution is 1.48. The first-order chi connectivity index (χ1) is 14.9. The Morgan fingerprint density at radius 3 is 0.767 bits per heavy atom. The third kappa shape index (κ3) is 2.62. The summed E-state index contributed by atoms with van der Waals surface area (Å²) in [5, 5.41) is 0. The van der Waals surface area contributed by atoms with Gasteiger partial charge in [0.15, 0.2) is 0 Å². The highest BCUT2D eigenvalue weighted by atomic mass is 14.3. The molecular weight excluding hydrogens is 360 g/mol. The fraction of sp³-hybridized carbons (Fsp3) is 0. The molecule has 0 N–H and O–H groups in total. The molecule has 0 spiro atoms. The highest BCUT2D eigenvalue weighted by molar-refractivity contribution is 6.11. The van der Waals surface area contributed by atoms with Crippen molar-refractivity contribution < 1.29 is 0 Å². The largest absolute Gasteiger partial charge is 0.0616 e. The summed E-state index contributed by atoms with van der Waals surface area (Å²) in [4.78, 5) is 0. The minimum atomic E-state index is 1.25. The van der Waals surface area contributed by atoms with Gasteiger partial charge in [0, 0.05) is 0 Å². The van der Waals surface area contributed by atoms with Crippen LogP contribution in [0.5, 0.6) is 0 Å². The van der Waals surface area contributed by atoms with Gasteiger partial charge in [-0.1, -0.05) is 121 Å². The summed E-state index contributed by atoms with van der Waals surface area (Å²) in [6.07, 6.45) is 8.98. The Labute approximate surface area is 177 Å². The lowest BCUT2D eigenvalue weighted by Gasteiger charge is -2.21. The summed E-state index contributed by atoms with van der Waals surface area (Å²) in [7, 11) is 0. The molecular formula is C30H20. The van der Waals surface area contributed by atoms with Gasteiger partial charge in [0.2, 0.25) is 0 Å². The fourth-order valence-corrected chi connectivity index (χ4v) is 4.67. The maximum atomic E-state index is 2.26. The summed E-state index contributed by atoms with van der Waals surface area (Å²) >= 11 is 0. The second-order valence-electron chi connectivity index (χ2n) is 7.77. The zero-order valence-electron chi connectivity index (χ0n) is 16.5. The predicted molar refractivity (Wildman–Crippen MR) is 129 cm³/mol. The van der Waals surface area contributed by atoms with Gasteiger partial charge in [-0.3, -0.25) is 0 Å². The molecule has 2 aliphatic carbocycles. The van der Waals surface area contributed by atoms with Crippen LogP contribution in [0.4, 0.5) is 0 Å². The summed E-state index contributed by atoms with van der Waals surface area (Å²) in [5.74, 6) is 0. The molecule has 140 valence electrons. The van der Waals surface area contributed by atoms with Gasteiger partial charge < -0.3 is 0 Å². The van der Waals surface area contributed by atoms with Crippen LogP contribution >= 0.6 is 0 Å². The maximum Gasteiger partial charge on any atom is -0.00143 e. The molecule has 0 unspecified atom stereocenters. The van der Waals surface area contributed by atoms with Crippen LogP contribution < -0.4 is 0 Å². The van der Waals surface area contributed by atoms with E-state index < -0.39 is 0 Å². The first-order valence-corrected chi connectivity index (χ1v) is 10.4. The van der Waals surface area contributed by atoms with Gasteiger partial charge in [-0.05, 0) is 55.7 Å². The number of fused-ring (bicyclic) bond motifs is 4. The van der Waals surface area contributed by atoms with E-state index in [0.717, 1.165) is 0 Å². The van der Waals surface area contributed by atoms with E-state index >= 15 is 0 Å². The standard InChI is InChI=1S/C30H20/c1-5-13-25-21(9-1)17-18-22-10-2-6-14-26(22)29(25)30-27-15-7-3-11-23(27)19-20-24-12-4-8-16-28(24)30/h1-20H. The summed E-state index contributed by atoms with van der Waals surface area (Å²) < 4.78 is 0. The molecule has 30 heavy (non-hydrogen) atoms. The van der Waals surface area contributed by atoms with Gasteiger partial charge in [0.05, 0.1) is 0 Å². The number of hydrogen-bond acceptors (Lipinski definition) is 0. The van der Waals surface area contributed by atoms with Gasteiger partial charge in [0.25, 0.3) is 0 Å². The van der Waals surface area contributed by atoms with E-state index in [2.05, 4.69) is 121 Å².